The summed E-state index contributed by atoms with van der Waals surface area (Å²) in [6, 6.07) is 19.3. The largest absolute Gasteiger partial charge is 0.466 e. The molecule has 0 saturated carbocycles. The van der Waals surface area contributed by atoms with E-state index < -0.39 is 17.7 Å². The highest BCUT2D eigenvalue weighted by atomic mass is 16.5. The number of benzene rings is 2. The molecule has 0 spiro atoms. The van der Waals surface area contributed by atoms with Gasteiger partial charge in [-0.1, -0.05) is 54.6 Å². The number of hydrogen-bond donors (Lipinski definition) is 2. The number of carbonyl (C=O) groups excluding carboxylic acids is 2. The lowest BCUT2D eigenvalue weighted by Crippen LogP contribution is -2.49. The van der Waals surface area contributed by atoms with Gasteiger partial charge in [-0.05, 0) is 44.0 Å². The van der Waals surface area contributed by atoms with Gasteiger partial charge in [0.15, 0.2) is 0 Å². The fourth-order valence-electron chi connectivity index (χ4n) is 4.39. The lowest BCUT2D eigenvalue weighted by atomic mass is 9.78. The second kappa shape index (κ2) is 9.01. The minimum atomic E-state index is -1.13. The summed E-state index contributed by atoms with van der Waals surface area (Å²) in [7, 11) is 1.33. The molecule has 1 amide bonds. The lowest BCUT2D eigenvalue weighted by Gasteiger charge is -2.36. The number of carbonyl (C=O) groups is 2. The van der Waals surface area contributed by atoms with Crippen LogP contribution in [0, 0.1) is 0 Å². The average Bonchev–Trinajstić information content (AvgIpc) is 3.37. The zero-order chi connectivity index (χ0) is 22.7. The molecule has 4 rings (SSSR count). The van der Waals surface area contributed by atoms with Crippen molar-refractivity contribution in [3.63, 3.8) is 0 Å². The minimum Gasteiger partial charge on any atom is -0.466 e. The molecule has 2 aliphatic heterocycles. The van der Waals surface area contributed by atoms with Gasteiger partial charge in [-0.15, -0.1) is 0 Å². The topological polar surface area (TPSA) is 76.7 Å². The SMILES string of the molecule is COC(=O)C1=C(C(=O)NC(C)C)C2C=CC1(C(Cc1ccccc1)Nc1ccccc1)O2. The summed E-state index contributed by atoms with van der Waals surface area (Å²) in [5.41, 5.74) is 1.43. The van der Waals surface area contributed by atoms with Crippen LogP contribution in [-0.2, 0) is 25.5 Å². The highest BCUT2D eigenvalue weighted by Crippen LogP contribution is 2.47. The summed E-state index contributed by atoms with van der Waals surface area (Å²) in [6.45, 7) is 3.76. The molecule has 2 bridgehead atoms. The molecule has 6 heteroatoms. The minimum absolute atomic E-state index is 0.0736. The fourth-order valence-corrected chi connectivity index (χ4v) is 4.39. The molecule has 2 aliphatic rings. The van der Waals surface area contributed by atoms with Gasteiger partial charge in [0, 0.05) is 11.7 Å². The summed E-state index contributed by atoms with van der Waals surface area (Å²) < 4.78 is 11.5. The van der Waals surface area contributed by atoms with Crippen LogP contribution >= 0.6 is 0 Å². The Morgan fingerprint density at radius 3 is 2.34 bits per heavy atom. The van der Waals surface area contributed by atoms with Crippen molar-refractivity contribution >= 4 is 17.6 Å². The van der Waals surface area contributed by atoms with Crippen LogP contribution in [0.4, 0.5) is 5.69 Å². The molecule has 2 N–H and O–H groups in total. The molecule has 0 aromatic heterocycles. The van der Waals surface area contributed by atoms with E-state index in [2.05, 4.69) is 10.6 Å². The second-order valence-electron chi connectivity index (χ2n) is 8.35. The predicted molar refractivity (Wildman–Crippen MR) is 123 cm³/mol. The number of hydrogen-bond acceptors (Lipinski definition) is 5. The monoisotopic (exact) mass is 432 g/mol. The first-order chi connectivity index (χ1) is 15.4. The maximum absolute atomic E-state index is 13.0. The molecule has 0 aliphatic carbocycles. The van der Waals surface area contributed by atoms with Gasteiger partial charge in [0.1, 0.15) is 11.7 Å². The van der Waals surface area contributed by atoms with E-state index >= 15 is 0 Å². The standard InChI is InChI=1S/C26H28N2O4/c1-17(2)27-24(29)22-20-14-15-26(32-20,23(22)25(30)31-3)21(16-18-10-6-4-7-11-18)28-19-12-8-5-9-13-19/h4-15,17,20-21,28H,16H2,1-3H3,(H,27,29). The van der Waals surface area contributed by atoms with Crippen LogP contribution in [0.1, 0.15) is 19.4 Å². The normalized spacial score (nSPS) is 22.2. The van der Waals surface area contributed by atoms with Crippen molar-refractivity contribution in [2.45, 2.75) is 44.1 Å². The third-order valence-electron chi connectivity index (χ3n) is 5.75. The predicted octanol–water partition coefficient (Wildman–Crippen LogP) is 3.41. The Hall–Kier alpha value is -3.38. The Kier molecular flexibility index (Phi) is 6.15. The number of methoxy groups -OCH3 is 1. The molecule has 32 heavy (non-hydrogen) atoms. The van der Waals surface area contributed by atoms with E-state index in [-0.39, 0.29) is 23.6 Å². The molecular formula is C26H28N2O4. The third-order valence-corrected chi connectivity index (χ3v) is 5.75. The number of anilines is 1. The smallest absolute Gasteiger partial charge is 0.337 e. The number of rotatable bonds is 8. The van der Waals surface area contributed by atoms with Gasteiger partial charge in [0.25, 0.3) is 5.91 Å². The first kappa shape index (κ1) is 21.8. The van der Waals surface area contributed by atoms with E-state index in [9.17, 15) is 9.59 Å². The molecule has 0 fully saturated rings. The molecule has 6 nitrogen and oxygen atoms in total. The van der Waals surface area contributed by atoms with Gasteiger partial charge in [-0.25, -0.2) is 4.79 Å². The second-order valence-corrected chi connectivity index (χ2v) is 8.35. The summed E-state index contributed by atoms with van der Waals surface area (Å²) in [5.74, 6) is -0.867. The van der Waals surface area contributed by atoms with E-state index in [0.717, 1.165) is 11.3 Å². The molecule has 2 aromatic carbocycles. The maximum atomic E-state index is 13.0. The van der Waals surface area contributed by atoms with E-state index in [1.807, 2.05) is 86.7 Å². The molecule has 0 radical (unpaired) electrons. The Labute approximate surface area is 188 Å². The van der Waals surface area contributed by atoms with Crippen LogP contribution in [-0.4, -0.2) is 42.8 Å². The Bertz CT molecular complexity index is 1000. The highest BCUT2D eigenvalue weighted by molar-refractivity contribution is 6.07. The quantitative estimate of drug-likeness (QED) is 0.494. The molecule has 2 aromatic rings. The number of esters is 1. The summed E-state index contributed by atoms with van der Waals surface area (Å²) >= 11 is 0. The van der Waals surface area contributed by atoms with Gasteiger partial charge in [0.05, 0.1) is 24.3 Å². The van der Waals surface area contributed by atoms with E-state index in [1.165, 1.54) is 7.11 Å². The van der Waals surface area contributed by atoms with Crippen molar-refractivity contribution in [1.82, 2.24) is 5.32 Å². The van der Waals surface area contributed by atoms with Crippen molar-refractivity contribution in [3.8, 4) is 0 Å². The van der Waals surface area contributed by atoms with E-state index in [1.54, 1.807) is 0 Å². The molecular weight excluding hydrogens is 404 g/mol. The molecule has 166 valence electrons. The van der Waals surface area contributed by atoms with Crippen LogP contribution in [0.5, 0.6) is 0 Å². The zero-order valence-electron chi connectivity index (χ0n) is 18.5. The molecule has 0 saturated heterocycles. The van der Waals surface area contributed by atoms with Crippen molar-refractivity contribution in [1.29, 1.82) is 0 Å². The number of amides is 1. The maximum Gasteiger partial charge on any atom is 0.337 e. The third kappa shape index (κ3) is 4.06. The Morgan fingerprint density at radius 2 is 1.72 bits per heavy atom. The fraction of sp³-hybridized carbons (Fsp3) is 0.308. The lowest BCUT2D eigenvalue weighted by molar-refractivity contribution is -0.138. The van der Waals surface area contributed by atoms with Crippen LogP contribution in [0.3, 0.4) is 0 Å². The highest BCUT2D eigenvalue weighted by Gasteiger charge is 2.58. The van der Waals surface area contributed by atoms with Gasteiger partial charge in [-0.3, -0.25) is 4.79 Å². The molecule has 3 unspecified atom stereocenters. The molecule has 2 heterocycles. The zero-order valence-corrected chi connectivity index (χ0v) is 18.5. The van der Waals surface area contributed by atoms with Crippen molar-refractivity contribution < 1.29 is 19.1 Å². The number of para-hydroxylation sites is 1. The average molecular weight is 433 g/mol. The van der Waals surface area contributed by atoms with E-state index in [0.29, 0.717) is 12.0 Å². The van der Waals surface area contributed by atoms with Crippen LogP contribution in [0.15, 0.2) is 84.0 Å². The van der Waals surface area contributed by atoms with Crippen molar-refractivity contribution in [2.24, 2.45) is 0 Å². The van der Waals surface area contributed by atoms with Crippen LogP contribution < -0.4 is 10.6 Å². The van der Waals surface area contributed by atoms with Crippen LogP contribution in [0.25, 0.3) is 0 Å². The summed E-state index contributed by atoms with van der Waals surface area (Å²) in [5, 5.41) is 6.44. The Balaban J connectivity index is 1.80. The number of fused-ring (bicyclic) bond motifs is 2. The van der Waals surface area contributed by atoms with Crippen molar-refractivity contribution in [2.75, 3.05) is 12.4 Å². The first-order valence-corrected chi connectivity index (χ1v) is 10.8. The van der Waals surface area contributed by atoms with Crippen molar-refractivity contribution in [3.05, 3.63) is 89.5 Å². The number of ether oxygens (including phenoxy) is 2. The van der Waals surface area contributed by atoms with Gasteiger partial charge < -0.3 is 20.1 Å². The van der Waals surface area contributed by atoms with Crippen LogP contribution in [0.2, 0.25) is 0 Å². The van der Waals surface area contributed by atoms with E-state index in [4.69, 9.17) is 9.47 Å². The number of nitrogens with one attached hydrogen (secondary N) is 2. The summed E-state index contributed by atoms with van der Waals surface area (Å²) in [6.07, 6.45) is 3.72. The first-order valence-electron chi connectivity index (χ1n) is 10.8. The van der Waals surface area contributed by atoms with Gasteiger partial charge in [0.2, 0.25) is 0 Å². The van der Waals surface area contributed by atoms with Gasteiger partial charge in [-0.2, -0.15) is 0 Å². The Morgan fingerprint density at radius 1 is 1.06 bits per heavy atom. The summed E-state index contributed by atoms with van der Waals surface area (Å²) in [4.78, 5) is 26.1. The van der Waals surface area contributed by atoms with Gasteiger partial charge >= 0.3 is 5.97 Å². The molecule has 3 atom stereocenters.